The number of urea groups is 2. The summed E-state index contributed by atoms with van der Waals surface area (Å²) in [6.07, 6.45) is 16.6. The van der Waals surface area contributed by atoms with Crippen molar-refractivity contribution in [1.29, 1.82) is 0 Å². The van der Waals surface area contributed by atoms with Gasteiger partial charge in [0.05, 0.1) is 25.3 Å². The molecule has 2 aliphatic carbocycles. The zero-order chi connectivity index (χ0) is 36.4. The minimum absolute atomic E-state index is 0.177. The van der Waals surface area contributed by atoms with Gasteiger partial charge in [0.15, 0.2) is 0 Å². The minimum Gasteiger partial charge on any atom is -0.465 e. The standard InChI is InChI=1S/C20H28N2O3.C11H20N2O.C9H9BrO2/c1-25-19(23)17-11-9-16(10-12-17)15-22(18-7-3-4-8-18)20(24)21-13-5-2-6-14-21;14-11(12-10-6-2-3-7-10)13-8-4-1-5-9-13;1-12-9(11)8-4-2-7(6-10)3-5-8/h9-12,18H,2-8,13-15H2,1H3;10H,1-9H2,(H,12,14);2-5H,6H2,1H3. The number of hydrogen-bond acceptors (Lipinski definition) is 6. The lowest BCUT2D eigenvalue weighted by molar-refractivity contribution is 0.0592. The van der Waals surface area contributed by atoms with Crippen molar-refractivity contribution in [2.45, 2.75) is 114 Å². The summed E-state index contributed by atoms with van der Waals surface area (Å²) in [6, 6.07) is 15.9. The number of ether oxygens (including phenoxy) is 2. The van der Waals surface area contributed by atoms with E-state index in [1.807, 2.05) is 34.1 Å². The summed E-state index contributed by atoms with van der Waals surface area (Å²) in [7, 11) is 2.76. The monoisotopic (exact) mass is 768 g/mol. The van der Waals surface area contributed by atoms with Crippen molar-refractivity contribution >= 4 is 39.9 Å². The number of nitrogens with zero attached hydrogens (tertiary/aromatic N) is 3. The molecule has 0 atom stereocenters. The topological polar surface area (TPSA) is 108 Å². The molecule has 6 rings (SSSR count). The van der Waals surface area contributed by atoms with Crippen LogP contribution in [0.5, 0.6) is 0 Å². The van der Waals surface area contributed by atoms with Crippen molar-refractivity contribution in [2.75, 3.05) is 40.4 Å². The van der Waals surface area contributed by atoms with Gasteiger partial charge in [0.1, 0.15) is 0 Å². The molecule has 2 heterocycles. The van der Waals surface area contributed by atoms with Crippen molar-refractivity contribution in [2.24, 2.45) is 0 Å². The third-order valence-electron chi connectivity index (χ3n) is 10.2. The van der Waals surface area contributed by atoms with Crippen molar-refractivity contribution in [3.63, 3.8) is 0 Å². The highest BCUT2D eigenvalue weighted by Crippen LogP contribution is 2.27. The number of nitrogens with one attached hydrogen (secondary N) is 1. The molecule has 2 aliphatic heterocycles. The summed E-state index contributed by atoms with van der Waals surface area (Å²) >= 11 is 3.32. The van der Waals surface area contributed by atoms with Crippen LogP contribution in [-0.2, 0) is 21.3 Å². The number of carbonyl (C=O) groups excluding carboxylic acids is 4. The van der Waals surface area contributed by atoms with Gasteiger partial charge in [-0.2, -0.15) is 0 Å². The highest BCUT2D eigenvalue weighted by atomic mass is 79.9. The molecule has 51 heavy (non-hydrogen) atoms. The van der Waals surface area contributed by atoms with E-state index in [2.05, 4.69) is 30.9 Å². The quantitative estimate of drug-likeness (QED) is 0.224. The number of benzene rings is 2. The molecule has 2 aromatic carbocycles. The number of methoxy groups -OCH3 is 2. The predicted octanol–water partition coefficient (Wildman–Crippen LogP) is 8.32. The van der Waals surface area contributed by atoms with Gasteiger partial charge in [-0.1, -0.05) is 65.9 Å². The summed E-state index contributed by atoms with van der Waals surface area (Å²) in [5.74, 6) is -0.625. The lowest BCUT2D eigenvalue weighted by Gasteiger charge is -2.36. The lowest BCUT2D eigenvalue weighted by atomic mass is 10.1. The largest absolute Gasteiger partial charge is 0.465 e. The minimum atomic E-state index is -0.330. The first kappa shape index (κ1) is 40.2. The zero-order valence-electron chi connectivity index (χ0n) is 30.6. The normalized spacial score (nSPS) is 17.7. The highest BCUT2D eigenvalue weighted by molar-refractivity contribution is 9.08. The van der Waals surface area contributed by atoms with Crippen molar-refractivity contribution in [1.82, 2.24) is 20.0 Å². The van der Waals surface area contributed by atoms with Crippen LogP contribution in [0.25, 0.3) is 0 Å². The first-order valence-corrected chi connectivity index (χ1v) is 20.0. The molecule has 4 fully saturated rings. The van der Waals surface area contributed by atoms with E-state index in [1.54, 1.807) is 24.3 Å². The van der Waals surface area contributed by atoms with Crippen LogP contribution in [0, 0.1) is 0 Å². The number of halogens is 1. The molecule has 4 aliphatic rings. The molecule has 1 N–H and O–H groups in total. The van der Waals surface area contributed by atoms with Crippen LogP contribution in [0.15, 0.2) is 48.5 Å². The molecular weight excluding hydrogens is 712 g/mol. The molecule has 2 aromatic rings. The van der Waals surface area contributed by atoms with Crippen molar-refractivity contribution < 1.29 is 28.7 Å². The Morgan fingerprint density at radius 2 is 1.10 bits per heavy atom. The first-order valence-electron chi connectivity index (χ1n) is 18.8. The molecular formula is C40H57BrN4O6. The Kier molecular flexibility index (Phi) is 17.1. The Morgan fingerprint density at radius 3 is 1.57 bits per heavy atom. The number of esters is 2. The van der Waals surface area contributed by atoms with Crippen molar-refractivity contribution in [3.8, 4) is 0 Å². The van der Waals surface area contributed by atoms with Crippen LogP contribution in [0.4, 0.5) is 9.59 Å². The molecule has 10 nitrogen and oxygen atoms in total. The van der Waals surface area contributed by atoms with Gasteiger partial charge < -0.3 is 29.5 Å². The Labute approximate surface area is 312 Å². The van der Waals surface area contributed by atoms with Crippen LogP contribution in [0.2, 0.25) is 0 Å². The Bertz CT molecular complexity index is 1360. The van der Waals surface area contributed by atoms with E-state index in [0.29, 0.717) is 29.8 Å². The molecule has 0 radical (unpaired) electrons. The average Bonchev–Trinajstić information content (AvgIpc) is 3.93. The van der Waals surface area contributed by atoms with Gasteiger partial charge in [0, 0.05) is 50.1 Å². The van der Waals surface area contributed by atoms with Gasteiger partial charge in [0.25, 0.3) is 0 Å². The lowest BCUT2D eigenvalue weighted by Crippen LogP contribution is -2.48. The van der Waals surface area contributed by atoms with E-state index >= 15 is 0 Å². The molecule has 4 amide bonds. The Hall–Kier alpha value is -3.60. The van der Waals surface area contributed by atoms with Crippen LogP contribution in [0.1, 0.15) is 122 Å². The zero-order valence-corrected chi connectivity index (χ0v) is 32.2. The van der Waals surface area contributed by atoms with Gasteiger partial charge in [-0.25, -0.2) is 19.2 Å². The van der Waals surface area contributed by atoms with Crippen LogP contribution < -0.4 is 5.32 Å². The number of rotatable bonds is 7. The van der Waals surface area contributed by atoms with Crippen LogP contribution >= 0.6 is 15.9 Å². The third-order valence-corrected chi connectivity index (χ3v) is 10.9. The second-order valence-electron chi connectivity index (χ2n) is 13.9. The molecule has 0 aromatic heterocycles. The summed E-state index contributed by atoms with van der Waals surface area (Å²) in [6.45, 7) is 4.28. The smallest absolute Gasteiger partial charge is 0.337 e. The fourth-order valence-corrected chi connectivity index (χ4v) is 7.55. The maximum atomic E-state index is 13.1. The van der Waals surface area contributed by atoms with E-state index in [1.165, 1.54) is 78.4 Å². The summed E-state index contributed by atoms with van der Waals surface area (Å²) in [5, 5.41) is 3.94. The fraction of sp³-hybridized carbons (Fsp3) is 0.600. The SMILES string of the molecule is COC(=O)c1ccc(CBr)cc1.COC(=O)c1ccc(CN(C(=O)N2CCCCC2)C2CCCC2)cc1.O=C(NC1CCCC1)N1CCCCC1. The van der Waals surface area contributed by atoms with E-state index in [0.717, 1.165) is 68.3 Å². The van der Waals surface area contributed by atoms with E-state index in [9.17, 15) is 19.2 Å². The maximum absolute atomic E-state index is 13.1. The maximum Gasteiger partial charge on any atom is 0.337 e. The van der Waals surface area contributed by atoms with Crippen LogP contribution in [0.3, 0.4) is 0 Å². The molecule has 2 saturated heterocycles. The number of alkyl halides is 1. The van der Waals surface area contributed by atoms with Crippen molar-refractivity contribution in [3.05, 3.63) is 70.8 Å². The Balaban J connectivity index is 0.000000189. The molecule has 2 saturated carbocycles. The summed E-state index contributed by atoms with van der Waals surface area (Å²) in [4.78, 5) is 53.5. The van der Waals surface area contributed by atoms with Gasteiger partial charge in [0.2, 0.25) is 0 Å². The van der Waals surface area contributed by atoms with Gasteiger partial charge in [-0.15, -0.1) is 0 Å². The van der Waals surface area contributed by atoms with E-state index in [-0.39, 0.29) is 24.0 Å². The Morgan fingerprint density at radius 1 is 0.647 bits per heavy atom. The van der Waals surface area contributed by atoms with E-state index in [4.69, 9.17) is 4.74 Å². The van der Waals surface area contributed by atoms with Crippen LogP contribution in [-0.4, -0.2) is 91.2 Å². The van der Waals surface area contributed by atoms with Gasteiger partial charge >= 0.3 is 24.0 Å². The first-order chi connectivity index (χ1) is 24.8. The number of hydrogen-bond donors (Lipinski definition) is 1. The number of carbonyl (C=O) groups is 4. The molecule has 280 valence electrons. The summed E-state index contributed by atoms with van der Waals surface area (Å²) < 4.78 is 9.31. The molecule has 11 heteroatoms. The molecule has 0 unspecified atom stereocenters. The average molecular weight is 770 g/mol. The third kappa shape index (κ3) is 12.8. The number of piperidine rings is 2. The molecule has 0 spiro atoms. The molecule has 0 bridgehead atoms. The fourth-order valence-electron chi connectivity index (χ4n) is 7.18. The van der Waals surface area contributed by atoms with Gasteiger partial charge in [-0.05, 0) is 99.6 Å². The highest BCUT2D eigenvalue weighted by Gasteiger charge is 2.30. The second kappa shape index (κ2) is 21.7. The number of likely N-dealkylation sites (tertiary alicyclic amines) is 2. The van der Waals surface area contributed by atoms with Gasteiger partial charge in [-0.3, -0.25) is 0 Å². The summed E-state index contributed by atoms with van der Waals surface area (Å²) in [5.41, 5.74) is 3.33. The second-order valence-corrected chi connectivity index (χ2v) is 14.4. The predicted molar refractivity (Wildman–Crippen MR) is 203 cm³/mol. The number of amides is 4. The van der Waals surface area contributed by atoms with E-state index < -0.39 is 0 Å².